The second-order valence-corrected chi connectivity index (χ2v) is 5.32. The lowest BCUT2D eigenvalue weighted by Gasteiger charge is -2.31. The van der Waals surface area contributed by atoms with Gasteiger partial charge in [-0.25, -0.2) is 0 Å². The van der Waals surface area contributed by atoms with E-state index in [4.69, 9.17) is 5.73 Å². The smallest absolute Gasteiger partial charge is 0.220 e. The van der Waals surface area contributed by atoms with Gasteiger partial charge in [-0.3, -0.25) is 4.79 Å². The Morgan fingerprint density at radius 1 is 1.29 bits per heavy atom. The summed E-state index contributed by atoms with van der Waals surface area (Å²) in [5.74, 6) is 1.82. The van der Waals surface area contributed by atoms with E-state index in [0.29, 0.717) is 19.0 Å². The van der Waals surface area contributed by atoms with Crippen LogP contribution in [-0.4, -0.2) is 18.5 Å². The summed E-state index contributed by atoms with van der Waals surface area (Å²) in [7, 11) is 0. The average Bonchev–Trinajstić information content (AvgIpc) is 2.27. The van der Waals surface area contributed by atoms with E-state index in [1.807, 2.05) is 0 Å². The summed E-state index contributed by atoms with van der Waals surface area (Å²) in [6.07, 6.45) is 6.21. The van der Waals surface area contributed by atoms with Crippen molar-refractivity contribution in [3.63, 3.8) is 0 Å². The molecule has 0 unspecified atom stereocenters. The van der Waals surface area contributed by atoms with Crippen LogP contribution in [0.25, 0.3) is 0 Å². The molecule has 0 atom stereocenters. The molecule has 0 heterocycles. The van der Waals surface area contributed by atoms with Crippen molar-refractivity contribution in [2.75, 3.05) is 6.54 Å². The molecule has 1 aliphatic carbocycles. The van der Waals surface area contributed by atoms with E-state index < -0.39 is 0 Å². The molecule has 1 fully saturated rings. The van der Waals surface area contributed by atoms with Gasteiger partial charge < -0.3 is 11.1 Å². The Balaban J connectivity index is 0.00000256. The molecule has 0 aromatic rings. The van der Waals surface area contributed by atoms with E-state index in [2.05, 4.69) is 19.2 Å². The molecule has 102 valence electrons. The van der Waals surface area contributed by atoms with Gasteiger partial charge in [0, 0.05) is 12.5 Å². The van der Waals surface area contributed by atoms with Crippen LogP contribution >= 0.6 is 12.4 Å². The molecule has 0 saturated heterocycles. The summed E-state index contributed by atoms with van der Waals surface area (Å²) in [6.45, 7) is 5.20. The van der Waals surface area contributed by atoms with Gasteiger partial charge >= 0.3 is 0 Å². The van der Waals surface area contributed by atoms with Crippen molar-refractivity contribution in [1.82, 2.24) is 5.32 Å². The van der Waals surface area contributed by atoms with Crippen LogP contribution in [0, 0.1) is 11.8 Å². The van der Waals surface area contributed by atoms with Crippen LogP contribution < -0.4 is 11.1 Å². The topological polar surface area (TPSA) is 55.1 Å². The number of amides is 1. The number of hydrogen-bond acceptors (Lipinski definition) is 2. The third-order valence-corrected chi connectivity index (χ3v) is 3.69. The van der Waals surface area contributed by atoms with E-state index in [-0.39, 0.29) is 18.3 Å². The summed E-state index contributed by atoms with van der Waals surface area (Å²) in [5, 5.41) is 3.12. The van der Waals surface area contributed by atoms with Crippen molar-refractivity contribution in [1.29, 1.82) is 0 Å². The Hall–Kier alpha value is -0.280. The van der Waals surface area contributed by atoms with Crippen LogP contribution in [-0.2, 0) is 4.79 Å². The molecule has 1 saturated carbocycles. The molecule has 17 heavy (non-hydrogen) atoms. The Morgan fingerprint density at radius 3 is 2.35 bits per heavy atom. The largest absolute Gasteiger partial charge is 0.353 e. The Labute approximate surface area is 111 Å². The summed E-state index contributed by atoms with van der Waals surface area (Å²) in [6, 6.07) is 0.417. The minimum Gasteiger partial charge on any atom is -0.353 e. The fourth-order valence-corrected chi connectivity index (χ4v) is 2.49. The molecular formula is C13H27ClN2O. The maximum Gasteiger partial charge on any atom is 0.220 e. The van der Waals surface area contributed by atoms with E-state index in [0.717, 1.165) is 31.1 Å². The second kappa shape index (κ2) is 8.76. The van der Waals surface area contributed by atoms with Gasteiger partial charge in [0.1, 0.15) is 0 Å². The molecule has 1 aliphatic rings. The third-order valence-electron chi connectivity index (χ3n) is 3.69. The van der Waals surface area contributed by atoms with Gasteiger partial charge in [0.05, 0.1) is 0 Å². The van der Waals surface area contributed by atoms with Gasteiger partial charge in [-0.1, -0.05) is 13.8 Å². The third kappa shape index (κ3) is 6.27. The summed E-state index contributed by atoms with van der Waals surface area (Å²) >= 11 is 0. The van der Waals surface area contributed by atoms with E-state index >= 15 is 0 Å². The molecule has 0 aromatic carbocycles. The Bertz CT molecular complexity index is 213. The number of nitrogens with two attached hydrogens (primary N) is 1. The van der Waals surface area contributed by atoms with Crippen molar-refractivity contribution < 1.29 is 4.79 Å². The molecule has 0 radical (unpaired) electrons. The number of nitrogens with one attached hydrogen (secondary N) is 1. The van der Waals surface area contributed by atoms with Crippen molar-refractivity contribution in [2.45, 2.75) is 58.4 Å². The van der Waals surface area contributed by atoms with E-state index in [1.165, 1.54) is 12.8 Å². The molecular weight excluding hydrogens is 236 g/mol. The van der Waals surface area contributed by atoms with Crippen LogP contribution in [0.3, 0.4) is 0 Å². The quantitative estimate of drug-likeness (QED) is 0.800. The van der Waals surface area contributed by atoms with E-state index in [1.54, 1.807) is 0 Å². The zero-order chi connectivity index (χ0) is 12.0. The zero-order valence-electron chi connectivity index (χ0n) is 11.1. The van der Waals surface area contributed by atoms with Crippen LogP contribution in [0.15, 0.2) is 0 Å². The molecule has 3 N–H and O–H groups in total. The highest BCUT2D eigenvalue weighted by molar-refractivity contribution is 5.85. The fourth-order valence-electron chi connectivity index (χ4n) is 2.49. The van der Waals surface area contributed by atoms with Gasteiger partial charge in [-0.05, 0) is 50.5 Å². The monoisotopic (exact) mass is 262 g/mol. The predicted molar refractivity (Wildman–Crippen MR) is 74.3 cm³/mol. The Morgan fingerprint density at radius 2 is 1.88 bits per heavy atom. The highest BCUT2D eigenvalue weighted by Gasteiger charge is 2.23. The van der Waals surface area contributed by atoms with Crippen LogP contribution in [0.2, 0.25) is 0 Å². The fraction of sp³-hybridized carbons (Fsp3) is 0.923. The molecule has 0 bridgehead atoms. The Kier molecular flexibility index (Phi) is 8.61. The number of carbonyl (C=O) groups is 1. The van der Waals surface area contributed by atoms with Gasteiger partial charge in [-0.15, -0.1) is 12.4 Å². The van der Waals surface area contributed by atoms with E-state index in [9.17, 15) is 4.79 Å². The number of halogens is 1. The SMILES string of the molecule is CC(C)C1CCC(NC(=O)CCCN)CC1.Cl. The first-order valence-corrected chi connectivity index (χ1v) is 6.63. The van der Waals surface area contributed by atoms with Crippen LogP contribution in [0.5, 0.6) is 0 Å². The first-order valence-electron chi connectivity index (χ1n) is 6.63. The molecule has 0 aromatic heterocycles. The van der Waals surface area contributed by atoms with Gasteiger partial charge in [0.25, 0.3) is 0 Å². The average molecular weight is 263 g/mol. The first kappa shape index (κ1) is 16.7. The summed E-state index contributed by atoms with van der Waals surface area (Å²) < 4.78 is 0. The predicted octanol–water partition coefficient (Wildman–Crippen LogP) is 2.48. The molecule has 4 heteroatoms. The minimum atomic E-state index is 0. The number of carbonyl (C=O) groups excluding carboxylic acids is 1. The zero-order valence-corrected chi connectivity index (χ0v) is 11.9. The van der Waals surface area contributed by atoms with Crippen molar-refractivity contribution in [2.24, 2.45) is 17.6 Å². The van der Waals surface area contributed by atoms with Crippen LogP contribution in [0.1, 0.15) is 52.4 Å². The lowest BCUT2D eigenvalue weighted by molar-refractivity contribution is -0.122. The molecule has 1 amide bonds. The van der Waals surface area contributed by atoms with Crippen LogP contribution in [0.4, 0.5) is 0 Å². The summed E-state index contributed by atoms with van der Waals surface area (Å²) in [4.78, 5) is 11.5. The minimum absolute atomic E-state index is 0. The summed E-state index contributed by atoms with van der Waals surface area (Å²) in [5.41, 5.74) is 5.38. The number of rotatable bonds is 5. The maximum absolute atomic E-state index is 11.5. The lowest BCUT2D eigenvalue weighted by atomic mass is 9.80. The maximum atomic E-state index is 11.5. The standard InChI is InChI=1S/C13H26N2O.ClH/c1-10(2)11-5-7-12(8-6-11)15-13(16)4-3-9-14;/h10-12H,3-9,14H2,1-2H3,(H,15,16);1H. The van der Waals surface area contributed by atoms with Crippen molar-refractivity contribution >= 4 is 18.3 Å². The molecule has 3 nitrogen and oxygen atoms in total. The van der Waals surface area contributed by atoms with Crippen molar-refractivity contribution in [3.8, 4) is 0 Å². The highest BCUT2D eigenvalue weighted by atomic mass is 35.5. The molecule has 1 rings (SSSR count). The number of hydrogen-bond donors (Lipinski definition) is 2. The van der Waals surface area contributed by atoms with Gasteiger partial charge in [-0.2, -0.15) is 0 Å². The highest BCUT2D eigenvalue weighted by Crippen LogP contribution is 2.29. The lowest BCUT2D eigenvalue weighted by Crippen LogP contribution is -2.38. The van der Waals surface area contributed by atoms with Crippen molar-refractivity contribution in [3.05, 3.63) is 0 Å². The normalized spacial score (nSPS) is 24.2. The van der Waals surface area contributed by atoms with Gasteiger partial charge in [0.2, 0.25) is 5.91 Å². The second-order valence-electron chi connectivity index (χ2n) is 5.32. The van der Waals surface area contributed by atoms with Gasteiger partial charge in [0.15, 0.2) is 0 Å². The molecule has 0 spiro atoms. The molecule has 0 aliphatic heterocycles. The first-order chi connectivity index (χ1) is 7.63.